The summed E-state index contributed by atoms with van der Waals surface area (Å²) < 4.78 is 74.6. The molecule has 0 aliphatic carbocycles. The molecular formula is C23H23F3N2O6STe. The van der Waals surface area contributed by atoms with Gasteiger partial charge in [0.25, 0.3) is 0 Å². The fourth-order valence-corrected chi connectivity index (χ4v) is 5.94. The molecule has 0 atom stereocenters. The zero-order valence-corrected chi connectivity index (χ0v) is 22.8. The van der Waals surface area contributed by atoms with E-state index in [0.29, 0.717) is 0 Å². The summed E-state index contributed by atoms with van der Waals surface area (Å²) in [5, 5.41) is 0. The van der Waals surface area contributed by atoms with Gasteiger partial charge < -0.3 is 4.55 Å². The minimum Gasteiger partial charge on any atom is -0.741 e. The molecule has 0 radical (unpaired) electrons. The molecule has 0 bridgehead atoms. The van der Waals surface area contributed by atoms with E-state index >= 15 is 0 Å². The zero-order chi connectivity index (χ0) is 27.1. The summed E-state index contributed by atoms with van der Waals surface area (Å²) in [5.74, 6) is 1.48. The Morgan fingerprint density at radius 1 is 1.08 bits per heavy atom. The van der Waals surface area contributed by atoms with Crippen molar-refractivity contribution in [3.8, 4) is 11.5 Å². The van der Waals surface area contributed by atoms with E-state index in [-0.39, 0.29) is 5.91 Å². The first-order valence-corrected chi connectivity index (χ1v) is 13.8. The maximum absolute atomic E-state index is 11.9. The Morgan fingerprint density at radius 2 is 1.64 bits per heavy atom. The number of alkyl halides is 3. The van der Waals surface area contributed by atoms with E-state index in [9.17, 15) is 18.0 Å². The smallest absolute Gasteiger partial charge is 0.485 e. The van der Waals surface area contributed by atoms with Crippen LogP contribution in [0.3, 0.4) is 0 Å². The van der Waals surface area contributed by atoms with Crippen LogP contribution < -0.4 is 18.9 Å². The minimum absolute atomic E-state index is 0.0261. The molecule has 0 aliphatic rings. The molecule has 2 aromatic carbocycles. The summed E-state index contributed by atoms with van der Waals surface area (Å²) in [5.41, 5.74) is -3.63. The first kappa shape index (κ1) is 29.4. The molecule has 36 heavy (non-hydrogen) atoms. The van der Waals surface area contributed by atoms with Crippen LogP contribution in [0.1, 0.15) is 10.6 Å². The number of halogens is 3. The van der Waals surface area contributed by atoms with Gasteiger partial charge in [-0.3, -0.25) is 0 Å². The second-order valence-corrected chi connectivity index (χ2v) is 11.4. The van der Waals surface area contributed by atoms with Gasteiger partial charge in [-0.25, -0.2) is 8.42 Å². The van der Waals surface area contributed by atoms with Gasteiger partial charge in [-0.1, -0.05) is 0 Å². The first-order chi connectivity index (χ1) is 16.8. The van der Waals surface area contributed by atoms with Crippen molar-refractivity contribution in [2.75, 3.05) is 19.1 Å². The van der Waals surface area contributed by atoms with Crippen LogP contribution in [-0.2, 0) is 22.0 Å². The predicted octanol–water partition coefficient (Wildman–Crippen LogP) is 3.37. The van der Waals surface area contributed by atoms with Crippen molar-refractivity contribution in [3.05, 3.63) is 64.5 Å². The normalized spacial score (nSPS) is 12.0. The molecule has 8 nitrogen and oxygen atoms in total. The van der Waals surface area contributed by atoms with Crippen molar-refractivity contribution >= 4 is 57.1 Å². The number of anilines is 1. The quantitative estimate of drug-likeness (QED) is 0.135. The Labute approximate surface area is 216 Å². The van der Waals surface area contributed by atoms with Gasteiger partial charge in [0.15, 0.2) is 10.1 Å². The van der Waals surface area contributed by atoms with Crippen molar-refractivity contribution in [2.45, 2.75) is 12.4 Å². The number of fused-ring (bicyclic) bond motifs is 1. The molecule has 0 saturated carbocycles. The summed E-state index contributed by atoms with van der Waals surface area (Å²) in [7, 11) is -0.713. The number of aromatic nitrogens is 1. The van der Waals surface area contributed by atoms with Crippen LogP contribution in [0.4, 0.5) is 18.9 Å². The van der Waals surface area contributed by atoms with Crippen molar-refractivity contribution in [2.24, 2.45) is 7.05 Å². The molecule has 0 spiro atoms. The monoisotopic (exact) mass is 642 g/mol. The molecule has 3 aromatic rings. The van der Waals surface area contributed by atoms with Gasteiger partial charge in [0.1, 0.15) is 0 Å². The summed E-state index contributed by atoms with van der Waals surface area (Å²) in [6, 6.07) is 13.7. The van der Waals surface area contributed by atoms with E-state index in [4.69, 9.17) is 22.4 Å². The van der Waals surface area contributed by atoms with Crippen molar-refractivity contribution < 1.29 is 45.0 Å². The van der Waals surface area contributed by atoms with Crippen LogP contribution in [0.25, 0.3) is 15.0 Å². The number of benzene rings is 2. The maximum Gasteiger partial charge on any atom is 0.485 e. The molecule has 0 aliphatic heterocycles. The fraction of sp³-hybridized carbons (Fsp3) is 0.217. The molecule has 1 heterocycles. The average molecular weight is 640 g/mol. The molecule has 3 rings (SSSR count). The fourth-order valence-electron chi connectivity index (χ4n) is 2.87. The molecule has 0 saturated heterocycles. The number of rotatable bonds is 6. The Balaban J connectivity index is 0.000000493. The van der Waals surface area contributed by atoms with Gasteiger partial charge in [-0.05, 0) is 0 Å². The van der Waals surface area contributed by atoms with Crippen LogP contribution in [0.5, 0.6) is 11.5 Å². The molecule has 0 N–H and O–H groups in total. The first-order valence-electron chi connectivity index (χ1n) is 10.1. The van der Waals surface area contributed by atoms with Crippen LogP contribution in [0.15, 0.2) is 60.8 Å². The molecule has 1 aromatic heterocycles. The number of nitrogens with zero attached hydrogens (tertiary/aromatic N) is 2. The van der Waals surface area contributed by atoms with Gasteiger partial charge in [0.2, 0.25) is 0 Å². The third kappa shape index (κ3) is 7.57. The number of aryl methyl sites for hydroxylation is 1. The van der Waals surface area contributed by atoms with Crippen molar-refractivity contribution in [3.63, 3.8) is 0 Å². The topological polar surface area (TPSA) is 99.9 Å². The number of methoxy groups -OCH3 is 2. The number of hydrogen-bond donors (Lipinski definition) is 0. The van der Waals surface area contributed by atoms with Gasteiger partial charge >= 0.3 is 180 Å². The predicted molar refractivity (Wildman–Crippen MR) is 129 cm³/mol. The number of amides is 1. The van der Waals surface area contributed by atoms with Crippen molar-refractivity contribution in [1.29, 1.82) is 0 Å². The van der Waals surface area contributed by atoms with E-state index in [0.717, 1.165) is 17.2 Å². The number of allylic oxidation sites excluding steroid dienone is 2. The van der Waals surface area contributed by atoms with Crippen LogP contribution >= 0.6 is 0 Å². The molecular weight excluding hydrogens is 617 g/mol. The Bertz CT molecular complexity index is 1370. The molecule has 0 unspecified atom stereocenters. The van der Waals surface area contributed by atoms with Crippen LogP contribution in [0, 0.1) is 0 Å². The largest absolute Gasteiger partial charge is 0.741 e. The van der Waals surface area contributed by atoms with Crippen LogP contribution in [-0.4, -0.2) is 59.0 Å². The van der Waals surface area contributed by atoms with E-state index < -0.39 is 36.1 Å². The molecule has 194 valence electrons. The molecule has 0 fully saturated rings. The summed E-state index contributed by atoms with van der Waals surface area (Å²) in [4.78, 5) is 13.6. The number of ether oxygens (including phenoxy) is 2. The Kier molecular flexibility index (Phi) is 10.1. The number of carbonyl (C=O) groups excluding carboxylic acids is 1. The van der Waals surface area contributed by atoms with E-state index in [1.165, 1.54) is 12.6 Å². The average Bonchev–Trinajstić information content (AvgIpc) is 3.11. The molecule has 1 amide bonds. The second-order valence-electron chi connectivity index (χ2n) is 7.00. The Hall–Kier alpha value is -2.85. The van der Waals surface area contributed by atoms with Gasteiger partial charge in [-0.15, -0.1) is 0 Å². The standard InChI is InChI=1S/C22H23N2O3Te.CHF3O3S/c1-16(25)24(17-10-6-5-7-11-17)13-9-8-12-22-23(2)18-14-19(26-3)20(27-4)15-21(18)28-22;2-1(3,4)8(5,6)7/h5-15H,1-4H3;(H,5,6,7)/q+1;/p-1. The van der Waals surface area contributed by atoms with Crippen molar-refractivity contribution in [1.82, 2.24) is 0 Å². The van der Waals surface area contributed by atoms with E-state index in [1.54, 1.807) is 32.2 Å². The van der Waals surface area contributed by atoms with Gasteiger partial charge in [-0.2, -0.15) is 13.2 Å². The summed E-state index contributed by atoms with van der Waals surface area (Å²) >= 11 is -0.514. The van der Waals surface area contributed by atoms with Gasteiger partial charge in [0.05, 0.1) is 0 Å². The SMILES string of the molecule is COc1cc2[te]c(C=CC=CN(C(C)=O)c3ccccc3)[n+](C)c2cc1OC.O=S(=O)([O-])C(F)(F)F. The van der Waals surface area contributed by atoms with E-state index in [2.05, 4.69) is 23.8 Å². The Morgan fingerprint density at radius 3 is 2.14 bits per heavy atom. The number of para-hydroxylation sites is 1. The van der Waals surface area contributed by atoms with Crippen LogP contribution in [0.2, 0.25) is 0 Å². The summed E-state index contributed by atoms with van der Waals surface area (Å²) in [6.45, 7) is 1.56. The number of carbonyl (C=O) groups is 1. The molecule has 13 heteroatoms. The number of hydrogen-bond acceptors (Lipinski definition) is 6. The van der Waals surface area contributed by atoms with Gasteiger partial charge in [0, 0.05) is 0 Å². The summed E-state index contributed by atoms with van der Waals surface area (Å²) in [6.07, 6.45) is 7.78. The maximum atomic E-state index is 11.9. The van der Waals surface area contributed by atoms with E-state index in [1.807, 2.05) is 48.6 Å². The zero-order valence-electron chi connectivity index (χ0n) is 19.6. The third-order valence-corrected chi connectivity index (χ3v) is 8.51. The third-order valence-electron chi connectivity index (χ3n) is 4.61. The minimum atomic E-state index is -6.09. The second kappa shape index (κ2) is 12.4.